The van der Waals surface area contributed by atoms with Crippen LogP contribution >= 0.6 is 22.6 Å². The fourth-order valence-corrected chi connectivity index (χ4v) is 2.82. The maximum atomic E-state index is 11.8. The normalized spacial score (nSPS) is 23.9. The van der Waals surface area contributed by atoms with E-state index in [0.717, 1.165) is 12.8 Å². The molecule has 1 fully saturated rings. The van der Waals surface area contributed by atoms with E-state index in [1.165, 1.54) is 10.8 Å². The molecule has 0 unspecified atom stereocenters. The van der Waals surface area contributed by atoms with Crippen molar-refractivity contribution >= 4 is 28.5 Å². The maximum Gasteiger partial charge on any atom is 0.330 e. The molecule has 128 valence electrons. The molecule has 0 spiro atoms. The van der Waals surface area contributed by atoms with Crippen molar-refractivity contribution in [3.63, 3.8) is 0 Å². The molecule has 2 heterocycles. The van der Waals surface area contributed by atoms with Gasteiger partial charge in [-0.25, -0.2) is 4.79 Å². The summed E-state index contributed by atoms with van der Waals surface area (Å²) in [5.74, 6) is -0.0816. The molecule has 1 aromatic heterocycles. The lowest BCUT2D eigenvalue weighted by Crippen LogP contribution is -2.37. The van der Waals surface area contributed by atoms with Crippen LogP contribution in [0.15, 0.2) is 15.8 Å². The predicted octanol–water partition coefficient (Wildman–Crippen LogP) is 0.0960. The zero-order valence-electron chi connectivity index (χ0n) is 12.8. The van der Waals surface area contributed by atoms with E-state index in [0.29, 0.717) is 9.99 Å². The van der Waals surface area contributed by atoms with Crippen LogP contribution < -0.4 is 16.6 Å². The molecule has 23 heavy (non-hydrogen) atoms. The number of nitrogens with one attached hydrogen (secondary N) is 2. The molecule has 1 aliphatic heterocycles. The van der Waals surface area contributed by atoms with Gasteiger partial charge in [0.05, 0.1) is 9.67 Å². The van der Waals surface area contributed by atoms with Gasteiger partial charge in [-0.1, -0.05) is 13.3 Å². The first kappa shape index (κ1) is 18.1. The van der Waals surface area contributed by atoms with E-state index < -0.39 is 29.7 Å². The molecule has 0 radical (unpaired) electrons. The molecule has 1 aromatic rings. The number of hydrogen-bond acceptors (Lipinski definition) is 5. The largest absolute Gasteiger partial charge is 0.390 e. The van der Waals surface area contributed by atoms with Gasteiger partial charge in [-0.2, -0.15) is 0 Å². The zero-order valence-corrected chi connectivity index (χ0v) is 14.9. The number of nitrogens with zero attached hydrogens (tertiary/aromatic N) is 1. The number of carbonyl (C=O) groups is 1. The second-order valence-corrected chi connectivity index (χ2v) is 6.65. The molecular weight excluding hydrogens is 417 g/mol. The third-order valence-electron chi connectivity index (χ3n) is 3.70. The van der Waals surface area contributed by atoms with Crippen molar-refractivity contribution in [3.8, 4) is 0 Å². The van der Waals surface area contributed by atoms with Crippen molar-refractivity contribution in [1.29, 1.82) is 0 Å². The van der Waals surface area contributed by atoms with Gasteiger partial charge in [0, 0.05) is 25.6 Å². The smallest absolute Gasteiger partial charge is 0.330 e. The zero-order chi connectivity index (χ0) is 17.0. The van der Waals surface area contributed by atoms with Gasteiger partial charge < -0.3 is 15.2 Å². The number of H-pyrrole nitrogens is 1. The molecule has 0 aliphatic carbocycles. The second kappa shape index (κ2) is 8.06. The van der Waals surface area contributed by atoms with Gasteiger partial charge in [-0.15, -0.1) is 0 Å². The molecule has 0 saturated carbocycles. The quantitative estimate of drug-likeness (QED) is 0.547. The van der Waals surface area contributed by atoms with E-state index in [-0.39, 0.29) is 18.9 Å². The summed E-state index contributed by atoms with van der Waals surface area (Å²) < 4.78 is 7.28. The molecule has 9 heteroatoms. The predicted molar refractivity (Wildman–Crippen MR) is 91.1 cm³/mol. The number of ether oxygens (including phenoxy) is 1. The minimum absolute atomic E-state index is 0.0816. The Morgan fingerprint density at radius 3 is 3.00 bits per heavy atom. The van der Waals surface area contributed by atoms with Crippen LogP contribution in [0, 0.1) is 3.57 Å². The van der Waals surface area contributed by atoms with Crippen molar-refractivity contribution < 1.29 is 14.6 Å². The van der Waals surface area contributed by atoms with E-state index in [1.807, 2.05) is 29.5 Å². The molecule has 3 atom stereocenters. The minimum Gasteiger partial charge on any atom is -0.390 e. The Bertz CT molecular complexity index is 671. The Morgan fingerprint density at radius 1 is 1.57 bits per heavy atom. The summed E-state index contributed by atoms with van der Waals surface area (Å²) >= 11 is 1.82. The molecule has 1 aliphatic rings. The van der Waals surface area contributed by atoms with Gasteiger partial charge in [-0.3, -0.25) is 19.1 Å². The third-order valence-corrected chi connectivity index (χ3v) is 4.46. The average molecular weight is 437 g/mol. The summed E-state index contributed by atoms with van der Waals surface area (Å²) in [6.07, 6.45) is 1.78. The van der Waals surface area contributed by atoms with E-state index in [1.54, 1.807) is 0 Å². The van der Waals surface area contributed by atoms with E-state index >= 15 is 0 Å². The summed E-state index contributed by atoms with van der Waals surface area (Å²) in [6, 6.07) is 0. The van der Waals surface area contributed by atoms with Gasteiger partial charge in [0.1, 0.15) is 12.3 Å². The number of unbranched alkanes of at least 4 members (excludes halogenated alkanes) is 1. The number of aromatic nitrogens is 2. The second-order valence-electron chi connectivity index (χ2n) is 5.48. The van der Waals surface area contributed by atoms with Crippen molar-refractivity contribution in [2.45, 2.75) is 51.0 Å². The first-order valence-electron chi connectivity index (χ1n) is 7.53. The van der Waals surface area contributed by atoms with E-state index in [2.05, 4.69) is 10.3 Å². The highest BCUT2D eigenvalue weighted by Gasteiger charge is 2.35. The Kier molecular flexibility index (Phi) is 6.36. The maximum absolute atomic E-state index is 11.8. The number of amides is 1. The number of carbonyl (C=O) groups excluding carboxylic acids is 1. The number of hydrogen-bond donors (Lipinski definition) is 3. The molecule has 0 aromatic carbocycles. The van der Waals surface area contributed by atoms with Crippen LogP contribution in [-0.2, 0) is 9.53 Å². The summed E-state index contributed by atoms with van der Waals surface area (Å²) in [4.78, 5) is 37.0. The molecule has 1 saturated heterocycles. The SMILES string of the molecule is CCCCC(=O)NC[C@H]1O[C@@H](n2cc(I)c(=O)[nH]c2=O)C[C@@H]1O. The number of aromatic amines is 1. The Labute approximate surface area is 146 Å². The highest BCUT2D eigenvalue weighted by atomic mass is 127. The Hall–Kier alpha value is -1.20. The van der Waals surface area contributed by atoms with Crippen LogP contribution in [0.2, 0.25) is 0 Å². The van der Waals surface area contributed by atoms with Gasteiger partial charge in [-0.05, 0) is 29.0 Å². The van der Waals surface area contributed by atoms with Crippen LogP contribution in [0.3, 0.4) is 0 Å². The number of aliphatic hydroxyl groups excluding tert-OH is 1. The monoisotopic (exact) mass is 437 g/mol. The first-order chi connectivity index (χ1) is 10.9. The fraction of sp³-hybridized carbons (Fsp3) is 0.643. The van der Waals surface area contributed by atoms with Crippen LogP contribution in [0.25, 0.3) is 0 Å². The van der Waals surface area contributed by atoms with Crippen molar-refractivity contribution in [2.75, 3.05) is 6.54 Å². The molecule has 8 nitrogen and oxygen atoms in total. The van der Waals surface area contributed by atoms with Gasteiger partial charge >= 0.3 is 5.69 Å². The van der Waals surface area contributed by atoms with E-state index in [4.69, 9.17) is 4.74 Å². The third kappa shape index (κ3) is 4.64. The fourth-order valence-electron chi connectivity index (χ4n) is 2.38. The summed E-state index contributed by atoms with van der Waals surface area (Å²) in [6.45, 7) is 2.19. The van der Waals surface area contributed by atoms with Gasteiger partial charge in [0.15, 0.2) is 0 Å². The van der Waals surface area contributed by atoms with Crippen LogP contribution in [0.5, 0.6) is 0 Å². The van der Waals surface area contributed by atoms with Gasteiger partial charge in [0.2, 0.25) is 5.91 Å². The summed E-state index contributed by atoms with van der Waals surface area (Å²) in [5, 5.41) is 12.8. The molecule has 1 amide bonds. The van der Waals surface area contributed by atoms with Crippen LogP contribution in [0.4, 0.5) is 0 Å². The highest BCUT2D eigenvalue weighted by Crippen LogP contribution is 2.27. The first-order valence-corrected chi connectivity index (χ1v) is 8.61. The molecular formula is C14H20IN3O5. The average Bonchev–Trinajstić information content (AvgIpc) is 2.87. The summed E-state index contributed by atoms with van der Waals surface area (Å²) in [5.41, 5.74) is -1.04. The van der Waals surface area contributed by atoms with Crippen LogP contribution in [0.1, 0.15) is 38.8 Å². The topological polar surface area (TPSA) is 113 Å². The van der Waals surface area contributed by atoms with Crippen LogP contribution in [-0.4, -0.2) is 39.3 Å². The minimum atomic E-state index is -0.789. The Balaban J connectivity index is 1.98. The standard InChI is InChI=1S/C14H20IN3O5/c1-2-3-4-11(20)16-6-10-9(19)5-12(23-10)18-7-8(15)13(21)17-14(18)22/h7,9-10,12,19H,2-6H2,1H3,(H,16,20)(H,17,21,22)/t9-,10+,12+/m0/s1. The van der Waals surface area contributed by atoms with E-state index in [9.17, 15) is 19.5 Å². The van der Waals surface area contributed by atoms with Crippen molar-refractivity contribution in [3.05, 3.63) is 30.6 Å². The van der Waals surface area contributed by atoms with Crippen molar-refractivity contribution in [1.82, 2.24) is 14.9 Å². The molecule has 3 N–H and O–H groups in total. The number of rotatable bonds is 6. The molecule has 2 rings (SSSR count). The highest BCUT2D eigenvalue weighted by molar-refractivity contribution is 14.1. The lowest BCUT2D eigenvalue weighted by molar-refractivity contribution is -0.122. The van der Waals surface area contributed by atoms with Gasteiger partial charge in [0.25, 0.3) is 5.56 Å². The lowest BCUT2D eigenvalue weighted by Gasteiger charge is -2.16. The summed E-state index contributed by atoms with van der Waals surface area (Å²) in [7, 11) is 0. The lowest BCUT2D eigenvalue weighted by atomic mass is 10.1. The Morgan fingerprint density at radius 2 is 2.30 bits per heavy atom. The number of halogens is 1. The van der Waals surface area contributed by atoms with Crippen molar-refractivity contribution in [2.24, 2.45) is 0 Å². The molecule has 0 bridgehead atoms. The number of aliphatic hydroxyl groups is 1.